The number of sulfone groups is 1. The quantitative estimate of drug-likeness (QED) is 0.651. The maximum atomic E-state index is 12.7. The molecule has 140 valence electrons. The highest BCUT2D eigenvalue weighted by molar-refractivity contribution is 7.91. The van der Waals surface area contributed by atoms with E-state index in [-0.39, 0.29) is 23.6 Å². The second-order valence-corrected chi connectivity index (χ2v) is 8.83. The molecule has 0 saturated carbocycles. The Balaban J connectivity index is 1.94. The summed E-state index contributed by atoms with van der Waals surface area (Å²) in [7, 11) is -3.16. The maximum absolute atomic E-state index is 12.7. The van der Waals surface area contributed by atoms with Crippen molar-refractivity contribution in [2.45, 2.75) is 45.3 Å². The molecule has 1 atom stereocenters. The number of hydrogen-bond acceptors (Lipinski definition) is 6. The minimum atomic E-state index is -3.16. The van der Waals surface area contributed by atoms with Crippen molar-refractivity contribution in [1.29, 1.82) is 5.26 Å². The second kappa shape index (κ2) is 6.72. The summed E-state index contributed by atoms with van der Waals surface area (Å²) in [6.07, 6.45) is 1.51. The van der Waals surface area contributed by atoms with Crippen LogP contribution in [0.5, 0.6) is 0 Å². The van der Waals surface area contributed by atoms with E-state index in [2.05, 4.69) is 0 Å². The smallest absolute Gasteiger partial charge is 0.331 e. The van der Waals surface area contributed by atoms with E-state index in [1.165, 1.54) is 9.47 Å². The fourth-order valence-corrected chi connectivity index (χ4v) is 5.50. The van der Waals surface area contributed by atoms with Gasteiger partial charge in [0, 0.05) is 24.8 Å². The minimum Gasteiger partial charge on any atom is -0.337 e. The summed E-state index contributed by atoms with van der Waals surface area (Å²) in [6.45, 7) is 1.93. The first-order valence-corrected chi connectivity index (χ1v) is 10.4. The van der Waals surface area contributed by atoms with Crippen LogP contribution in [0.4, 0.5) is 0 Å². The first-order valence-electron chi connectivity index (χ1n) is 8.55. The Morgan fingerprint density at radius 3 is 2.69 bits per heavy atom. The number of carbonyl (C=O) groups excluding carboxylic acids is 1. The largest absolute Gasteiger partial charge is 0.337 e. The van der Waals surface area contributed by atoms with Crippen molar-refractivity contribution in [2.75, 3.05) is 18.1 Å². The molecule has 1 amide bonds. The summed E-state index contributed by atoms with van der Waals surface area (Å²) in [5.41, 5.74) is -1.01. The van der Waals surface area contributed by atoms with E-state index >= 15 is 0 Å². The van der Waals surface area contributed by atoms with E-state index in [1.807, 2.05) is 6.07 Å². The third-order valence-corrected chi connectivity index (χ3v) is 6.80. The van der Waals surface area contributed by atoms with Gasteiger partial charge in [0.05, 0.1) is 11.5 Å². The zero-order valence-corrected chi connectivity index (χ0v) is 15.3. The molecule has 0 spiro atoms. The lowest BCUT2D eigenvalue weighted by Crippen LogP contribution is -2.48. The Morgan fingerprint density at radius 2 is 2.12 bits per heavy atom. The van der Waals surface area contributed by atoms with Gasteiger partial charge in [0.25, 0.3) is 5.56 Å². The molecular weight excluding hydrogens is 360 g/mol. The summed E-state index contributed by atoms with van der Waals surface area (Å²) in [5.74, 6) is -0.563. The third-order valence-electron chi connectivity index (χ3n) is 5.05. The molecule has 1 aromatic rings. The van der Waals surface area contributed by atoms with Crippen LogP contribution < -0.4 is 11.2 Å². The third kappa shape index (κ3) is 3.07. The van der Waals surface area contributed by atoms with E-state index in [0.29, 0.717) is 31.5 Å². The van der Waals surface area contributed by atoms with Crippen molar-refractivity contribution in [3.05, 3.63) is 32.1 Å². The number of rotatable bonds is 4. The van der Waals surface area contributed by atoms with Crippen LogP contribution in [-0.4, -0.2) is 52.5 Å². The monoisotopic (exact) mass is 380 g/mol. The fraction of sp³-hybridized carbons (Fsp3) is 0.625. The van der Waals surface area contributed by atoms with Crippen LogP contribution in [0.1, 0.15) is 31.0 Å². The molecule has 0 aliphatic carbocycles. The number of fused-ring (bicyclic) bond motifs is 1. The zero-order valence-electron chi connectivity index (χ0n) is 14.5. The first-order chi connectivity index (χ1) is 12.3. The predicted molar refractivity (Wildman–Crippen MR) is 92.4 cm³/mol. The predicted octanol–water partition coefficient (Wildman–Crippen LogP) is -1.14. The molecular formula is C16H20N4O5S. The molecule has 0 radical (unpaired) electrons. The van der Waals surface area contributed by atoms with Gasteiger partial charge in [0.1, 0.15) is 18.2 Å². The van der Waals surface area contributed by atoms with Gasteiger partial charge in [-0.1, -0.05) is 0 Å². The number of amides is 1. The summed E-state index contributed by atoms with van der Waals surface area (Å²) in [4.78, 5) is 39.2. The molecule has 1 aromatic heterocycles. The number of nitrogens with zero attached hydrogens (tertiary/aromatic N) is 4. The highest BCUT2D eigenvalue weighted by Gasteiger charge is 2.34. The first kappa shape index (κ1) is 18.4. The Kier molecular flexibility index (Phi) is 4.75. The molecule has 0 N–H and O–H groups in total. The van der Waals surface area contributed by atoms with E-state index in [4.69, 9.17) is 0 Å². The van der Waals surface area contributed by atoms with Crippen molar-refractivity contribution in [3.8, 4) is 6.07 Å². The minimum absolute atomic E-state index is 0.0292. The summed E-state index contributed by atoms with van der Waals surface area (Å²) < 4.78 is 25.5. The average molecular weight is 380 g/mol. The Labute approximate surface area is 150 Å². The molecule has 26 heavy (non-hydrogen) atoms. The molecule has 9 nitrogen and oxygen atoms in total. The molecule has 2 aliphatic heterocycles. The van der Waals surface area contributed by atoms with Gasteiger partial charge in [-0.25, -0.2) is 17.8 Å². The SMILES string of the molecule is CCN(C(=O)Cn1c(=O)c(C#N)c2n(c1=O)CCC2)[C@@H]1CCS(=O)(=O)C1. The summed E-state index contributed by atoms with van der Waals surface area (Å²) >= 11 is 0. The van der Waals surface area contributed by atoms with Gasteiger partial charge < -0.3 is 4.90 Å². The molecule has 1 saturated heterocycles. The van der Waals surface area contributed by atoms with E-state index in [1.54, 1.807) is 6.92 Å². The molecule has 0 aromatic carbocycles. The standard InChI is InChI=1S/C16H20N4O5S/c1-2-18(11-5-7-26(24,25)10-11)14(21)9-20-15(22)12(8-17)13-4-3-6-19(13)16(20)23/h11H,2-7,9-10H2,1H3/t11-/m1/s1. The van der Waals surface area contributed by atoms with E-state index in [0.717, 1.165) is 4.57 Å². The zero-order chi connectivity index (χ0) is 19.1. The topological polar surface area (TPSA) is 122 Å². The van der Waals surface area contributed by atoms with Crippen LogP contribution >= 0.6 is 0 Å². The van der Waals surface area contributed by atoms with Gasteiger partial charge in [0.15, 0.2) is 9.84 Å². The number of likely N-dealkylation sites (N-methyl/N-ethyl adjacent to an activating group) is 1. The molecule has 2 aliphatic rings. The number of hydrogen-bond donors (Lipinski definition) is 0. The molecule has 0 bridgehead atoms. The van der Waals surface area contributed by atoms with Crippen molar-refractivity contribution in [1.82, 2.24) is 14.0 Å². The highest BCUT2D eigenvalue weighted by atomic mass is 32.2. The summed E-state index contributed by atoms with van der Waals surface area (Å²) in [6, 6.07) is 1.40. The maximum Gasteiger partial charge on any atom is 0.331 e. The van der Waals surface area contributed by atoms with Gasteiger partial charge in [-0.2, -0.15) is 5.26 Å². The lowest BCUT2D eigenvalue weighted by molar-refractivity contribution is -0.133. The molecule has 1 fully saturated rings. The van der Waals surface area contributed by atoms with Crippen molar-refractivity contribution >= 4 is 15.7 Å². The average Bonchev–Trinajstić information content (AvgIpc) is 3.19. The molecule has 3 heterocycles. The lowest BCUT2D eigenvalue weighted by Gasteiger charge is -2.27. The number of aromatic nitrogens is 2. The normalized spacial score (nSPS) is 20.5. The molecule has 0 unspecified atom stereocenters. The van der Waals surface area contributed by atoms with Crippen LogP contribution in [0.25, 0.3) is 0 Å². The van der Waals surface area contributed by atoms with E-state index < -0.39 is 39.6 Å². The Bertz CT molecular complexity index is 1010. The number of nitriles is 1. The Hall–Kier alpha value is -2.41. The van der Waals surface area contributed by atoms with Gasteiger partial charge in [-0.3, -0.25) is 14.2 Å². The van der Waals surface area contributed by atoms with Crippen molar-refractivity contribution in [2.24, 2.45) is 0 Å². The van der Waals surface area contributed by atoms with Gasteiger partial charge in [-0.05, 0) is 26.2 Å². The van der Waals surface area contributed by atoms with Crippen LogP contribution in [0.2, 0.25) is 0 Å². The summed E-state index contributed by atoms with van der Waals surface area (Å²) in [5, 5.41) is 9.28. The van der Waals surface area contributed by atoms with E-state index in [9.17, 15) is 28.1 Å². The Morgan fingerprint density at radius 1 is 1.38 bits per heavy atom. The number of carbonyl (C=O) groups is 1. The van der Waals surface area contributed by atoms with Gasteiger partial charge in [0.2, 0.25) is 5.91 Å². The fourth-order valence-electron chi connectivity index (χ4n) is 3.77. The lowest BCUT2D eigenvalue weighted by atomic mass is 10.2. The highest BCUT2D eigenvalue weighted by Crippen LogP contribution is 2.18. The second-order valence-electron chi connectivity index (χ2n) is 6.60. The van der Waals surface area contributed by atoms with Crippen LogP contribution in [0, 0.1) is 11.3 Å². The van der Waals surface area contributed by atoms with Crippen LogP contribution in [0.15, 0.2) is 9.59 Å². The molecule has 10 heteroatoms. The van der Waals surface area contributed by atoms with Gasteiger partial charge in [-0.15, -0.1) is 0 Å². The molecule has 3 rings (SSSR count). The van der Waals surface area contributed by atoms with Crippen LogP contribution in [-0.2, 0) is 34.1 Å². The van der Waals surface area contributed by atoms with Gasteiger partial charge >= 0.3 is 5.69 Å². The van der Waals surface area contributed by atoms with Crippen LogP contribution in [0.3, 0.4) is 0 Å². The van der Waals surface area contributed by atoms with Crippen molar-refractivity contribution < 1.29 is 13.2 Å². The van der Waals surface area contributed by atoms with Crippen molar-refractivity contribution in [3.63, 3.8) is 0 Å².